The second-order valence-corrected chi connectivity index (χ2v) is 7.26. The molecule has 1 amide bonds. The number of nitrogens with zero attached hydrogens (tertiary/aromatic N) is 3. The monoisotopic (exact) mass is 478 g/mol. The number of rotatable bonds is 7. The van der Waals surface area contributed by atoms with Gasteiger partial charge in [0.25, 0.3) is 5.91 Å². The Morgan fingerprint density at radius 1 is 1.21 bits per heavy atom. The van der Waals surface area contributed by atoms with Crippen LogP contribution in [0.4, 0.5) is 24.7 Å². The summed E-state index contributed by atoms with van der Waals surface area (Å²) in [4.78, 5) is 26.3. The SMILES string of the molecule is O=C(Nc1ccc(CO[C@@H]2COc3nc([N+](=O)[O-])cn3C2)cc1)c1ccc(OC(F)(F)F)cc1. The van der Waals surface area contributed by atoms with Crippen LogP contribution in [0.3, 0.4) is 0 Å². The molecule has 1 aromatic heterocycles. The Bertz CT molecular complexity index is 1180. The topological polar surface area (TPSA) is 118 Å². The number of amides is 1. The molecule has 13 heteroatoms. The number of alkyl halides is 3. The van der Waals surface area contributed by atoms with Gasteiger partial charge in [-0.15, -0.1) is 13.2 Å². The molecule has 1 aliphatic heterocycles. The first-order valence-corrected chi connectivity index (χ1v) is 9.88. The molecule has 0 aliphatic carbocycles. The molecule has 34 heavy (non-hydrogen) atoms. The van der Waals surface area contributed by atoms with E-state index in [1.54, 1.807) is 24.3 Å². The summed E-state index contributed by atoms with van der Waals surface area (Å²) in [5.74, 6) is -1.20. The fraction of sp³-hybridized carbons (Fsp3) is 0.238. The van der Waals surface area contributed by atoms with Gasteiger partial charge in [0, 0.05) is 16.2 Å². The van der Waals surface area contributed by atoms with Crippen molar-refractivity contribution in [3.63, 3.8) is 0 Å². The van der Waals surface area contributed by atoms with E-state index in [0.29, 0.717) is 12.2 Å². The van der Waals surface area contributed by atoms with Crippen molar-refractivity contribution in [2.24, 2.45) is 0 Å². The van der Waals surface area contributed by atoms with Gasteiger partial charge in [0.05, 0.1) is 13.2 Å². The van der Waals surface area contributed by atoms with Crippen molar-refractivity contribution >= 4 is 17.4 Å². The lowest BCUT2D eigenvalue weighted by molar-refractivity contribution is -0.389. The van der Waals surface area contributed by atoms with Gasteiger partial charge >= 0.3 is 18.2 Å². The Labute approximate surface area is 190 Å². The van der Waals surface area contributed by atoms with Crippen molar-refractivity contribution in [3.8, 4) is 11.8 Å². The van der Waals surface area contributed by atoms with Crippen LogP contribution < -0.4 is 14.8 Å². The number of nitrogens with one attached hydrogen (secondary N) is 1. The Morgan fingerprint density at radius 3 is 2.56 bits per heavy atom. The van der Waals surface area contributed by atoms with Gasteiger partial charge in [-0.1, -0.05) is 12.1 Å². The van der Waals surface area contributed by atoms with Gasteiger partial charge in [-0.05, 0) is 46.9 Å². The number of nitro groups is 1. The van der Waals surface area contributed by atoms with E-state index >= 15 is 0 Å². The maximum Gasteiger partial charge on any atom is 0.573 e. The fourth-order valence-corrected chi connectivity index (χ4v) is 3.17. The van der Waals surface area contributed by atoms with E-state index in [1.165, 1.54) is 22.9 Å². The first-order valence-electron chi connectivity index (χ1n) is 9.88. The minimum atomic E-state index is -4.80. The molecular weight excluding hydrogens is 461 g/mol. The molecule has 1 N–H and O–H groups in total. The second kappa shape index (κ2) is 9.39. The number of ether oxygens (including phenoxy) is 3. The highest BCUT2D eigenvalue weighted by atomic mass is 19.4. The Hall–Kier alpha value is -4.13. The van der Waals surface area contributed by atoms with Gasteiger partial charge in [-0.25, -0.2) is 0 Å². The van der Waals surface area contributed by atoms with Crippen molar-refractivity contribution in [3.05, 3.63) is 76.0 Å². The Morgan fingerprint density at radius 2 is 1.91 bits per heavy atom. The maximum atomic E-state index is 12.3. The summed E-state index contributed by atoms with van der Waals surface area (Å²) >= 11 is 0. The van der Waals surface area contributed by atoms with E-state index in [9.17, 15) is 28.1 Å². The summed E-state index contributed by atoms with van der Waals surface area (Å²) in [6.45, 7) is 0.807. The zero-order chi connectivity index (χ0) is 24.3. The molecule has 0 saturated heterocycles. The van der Waals surface area contributed by atoms with Gasteiger partial charge in [-0.3, -0.25) is 9.36 Å². The van der Waals surface area contributed by atoms with E-state index in [-0.39, 0.29) is 36.7 Å². The average molecular weight is 478 g/mol. The summed E-state index contributed by atoms with van der Waals surface area (Å²) in [7, 11) is 0. The quantitative estimate of drug-likeness (QED) is 0.404. The minimum Gasteiger partial charge on any atom is -0.443 e. The van der Waals surface area contributed by atoms with Crippen LogP contribution in [0.25, 0.3) is 0 Å². The lowest BCUT2D eigenvalue weighted by Crippen LogP contribution is -2.32. The Kier molecular flexibility index (Phi) is 6.36. The molecule has 0 fully saturated rings. The van der Waals surface area contributed by atoms with Crippen molar-refractivity contribution < 1.29 is 37.1 Å². The molecular formula is C21H17F3N4O6. The van der Waals surface area contributed by atoms with E-state index in [0.717, 1.165) is 17.7 Å². The Balaban J connectivity index is 1.28. The predicted molar refractivity (Wildman–Crippen MR) is 110 cm³/mol. The van der Waals surface area contributed by atoms with Crippen LogP contribution in [0.2, 0.25) is 0 Å². The maximum absolute atomic E-state index is 12.3. The number of benzene rings is 2. The van der Waals surface area contributed by atoms with Gasteiger partial charge < -0.3 is 29.6 Å². The van der Waals surface area contributed by atoms with Crippen LogP contribution in [-0.2, 0) is 17.9 Å². The molecule has 2 aromatic carbocycles. The molecule has 2 heterocycles. The van der Waals surface area contributed by atoms with E-state index in [4.69, 9.17) is 9.47 Å². The summed E-state index contributed by atoms with van der Waals surface area (Å²) in [5.41, 5.74) is 1.47. The van der Waals surface area contributed by atoms with Gasteiger partial charge in [-0.2, -0.15) is 0 Å². The number of halogens is 3. The zero-order valence-corrected chi connectivity index (χ0v) is 17.3. The third-order valence-electron chi connectivity index (χ3n) is 4.76. The number of aromatic nitrogens is 2. The lowest BCUT2D eigenvalue weighted by atomic mass is 10.2. The molecule has 3 aromatic rings. The molecule has 0 spiro atoms. The van der Waals surface area contributed by atoms with Crippen LogP contribution in [0.5, 0.6) is 11.8 Å². The van der Waals surface area contributed by atoms with Gasteiger partial charge in [0.15, 0.2) is 0 Å². The number of carbonyl (C=O) groups excluding carboxylic acids is 1. The van der Waals surface area contributed by atoms with Crippen LogP contribution in [0.1, 0.15) is 15.9 Å². The second-order valence-electron chi connectivity index (χ2n) is 7.26. The molecule has 10 nitrogen and oxygen atoms in total. The fourth-order valence-electron chi connectivity index (χ4n) is 3.17. The molecule has 1 aliphatic rings. The summed E-state index contributed by atoms with van der Waals surface area (Å²) < 4.78 is 53.2. The van der Waals surface area contributed by atoms with E-state index in [1.807, 2.05) is 0 Å². The van der Waals surface area contributed by atoms with Crippen molar-refractivity contribution in [2.75, 3.05) is 11.9 Å². The third-order valence-corrected chi connectivity index (χ3v) is 4.76. The normalized spacial score (nSPS) is 15.2. The lowest BCUT2D eigenvalue weighted by Gasteiger charge is -2.22. The molecule has 0 radical (unpaired) electrons. The van der Waals surface area contributed by atoms with Crippen LogP contribution in [-0.4, -0.2) is 39.5 Å². The smallest absolute Gasteiger partial charge is 0.443 e. The number of anilines is 1. The third kappa shape index (κ3) is 5.81. The average Bonchev–Trinajstić information content (AvgIpc) is 3.22. The number of hydrogen-bond acceptors (Lipinski definition) is 7. The number of fused-ring (bicyclic) bond motifs is 1. The van der Waals surface area contributed by atoms with Crippen LogP contribution in [0.15, 0.2) is 54.7 Å². The summed E-state index contributed by atoms with van der Waals surface area (Å²) in [6.07, 6.45) is -3.84. The minimum absolute atomic E-state index is 0.165. The summed E-state index contributed by atoms with van der Waals surface area (Å²) in [5, 5.41) is 13.5. The first-order chi connectivity index (χ1) is 16.2. The summed E-state index contributed by atoms with van der Waals surface area (Å²) in [6, 6.07) is 11.6. The predicted octanol–water partition coefficient (Wildman–Crippen LogP) is 3.92. The molecule has 0 saturated carbocycles. The van der Waals surface area contributed by atoms with E-state index in [2.05, 4.69) is 15.0 Å². The number of hydrogen-bond donors (Lipinski definition) is 1. The highest BCUT2D eigenvalue weighted by Gasteiger charge is 2.31. The zero-order valence-electron chi connectivity index (χ0n) is 17.3. The van der Waals surface area contributed by atoms with Crippen molar-refractivity contribution in [1.82, 2.24) is 9.55 Å². The van der Waals surface area contributed by atoms with Crippen LogP contribution >= 0.6 is 0 Å². The molecule has 0 unspecified atom stereocenters. The van der Waals surface area contributed by atoms with Gasteiger partial charge in [0.1, 0.15) is 24.7 Å². The highest BCUT2D eigenvalue weighted by Crippen LogP contribution is 2.24. The van der Waals surface area contributed by atoms with Crippen molar-refractivity contribution in [2.45, 2.75) is 25.6 Å². The van der Waals surface area contributed by atoms with Gasteiger partial charge in [0.2, 0.25) is 0 Å². The van der Waals surface area contributed by atoms with E-state index < -0.39 is 22.9 Å². The standard InChI is InChI=1S/C21H17F3N4O6/c22-21(23,24)34-16-7-3-14(4-8-16)19(29)25-15-5-1-13(2-6-15)11-32-17-9-27-10-18(28(30)31)26-20(27)33-12-17/h1-8,10,17H,9,11-12H2,(H,25,29)/t17-/m0/s1. The largest absolute Gasteiger partial charge is 0.573 e. The molecule has 4 rings (SSSR count). The molecule has 1 atom stereocenters. The number of carbonyl (C=O) groups is 1. The highest BCUT2D eigenvalue weighted by molar-refractivity contribution is 6.04. The molecule has 0 bridgehead atoms. The molecule has 178 valence electrons. The van der Waals surface area contributed by atoms with Crippen molar-refractivity contribution in [1.29, 1.82) is 0 Å². The first kappa shape index (κ1) is 23.0. The number of imidazole rings is 1. The van der Waals surface area contributed by atoms with Crippen LogP contribution in [0, 0.1) is 10.1 Å².